The van der Waals surface area contributed by atoms with E-state index in [1.54, 1.807) is 17.2 Å². The number of para-hydroxylation sites is 3. The van der Waals surface area contributed by atoms with Gasteiger partial charge in [0.15, 0.2) is 5.75 Å². The summed E-state index contributed by atoms with van der Waals surface area (Å²) in [5, 5.41) is 3.30. The van der Waals surface area contributed by atoms with E-state index in [1.165, 1.54) is 0 Å². The fourth-order valence-corrected chi connectivity index (χ4v) is 2.70. The number of hydrogen-bond acceptors (Lipinski definition) is 4. The second-order valence-electron chi connectivity index (χ2n) is 5.95. The molecule has 1 amide bonds. The Morgan fingerprint density at radius 1 is 0.963 bits per heavy atom. The molecule has 0 aliphatic carbocycles. The molecule has 0 aliphatic rings. The Morgan fingerprint density at radius 3 is 2.33 bits per heavy atom. The van der Waals surface area contributed by atoms with Crippen LogP contribution in [-0.4, -0.2) is 28.9 Å². The number of benzene rings is 2. The first-order chi connectivity index (χ1) is 13.2. The van der Waals surface area contributed by atoms with Crippen molar-refractivity contribution >= 4 is 17.3 Å². The highest BCUT2D eigenvalue weighted by Crippen LogP contribution is 2.31. The molecule has 0 saturated carbocycles. The van der Waals surface area contributed by atoms with Crippen LogP contribution in [0.3, 0.4) is 0 Å². The Hall–Kier alpha value is -3.34. The highest BCUT2D eigenvalue weighted by atomic mass is 16.5. The van der Waals surface area contributed by atoms with Crippen LogP contribution in [0.5, 0.6) is 11.5 Å². The molecule has 0 bridgehead atoms. The van der Waals surface area contributed by atoms with Crippen molar-refractivity contribution in [3.8, 4) is 11.5 Å². The molecule has 1 N–H and O–H groups in total. The topological polar surface area (TPSA) is 54.5 Å². The van der Waals surface area contributed by atoms with E-state index in [1.807, 2.05) is 74.5 Å². The van der Waals surface area contributed by atoms with Crippen LogP contribution in [-0.2, 0) is 0 Å². The monoisotopic (exact) mass is 361 g/mol. The SMILES string of the molecule is CCN(CC)C(=O)c1ccc(Nc2ccccc2Oc2ccccc2)cn1. The minimum absolute atomic E-state index is 0.0561. The van der Waals surface area contributed by atoms with E-state index >= 15 is 0 Å². The summed E-state index contributed by atoms with van der Waals surface area (Å²) in [4.78, 5) is 18.4. The molecule has 5 nitrogen and oxygen atoms in total. The van der Waals surface area contributed by atoms with E-state index < -0.39 is 0 Å². The number of aromatic nitrogens is 1. The van der Waals surface area contributed by atoms with Gasteiger partial charge in [-0.3, -0.25) is 4.79 Å². The van der Waals surface area contributed by atoms with Gasteiger partial charge in [-0.2, -0.15) is 0 Å². The Balaban J connectivity index is 1.75. The van der Waals surface area contributed by atoms with Gasteiger partial charge in [-0.15, -0.1) is 0 Å². The summed E-state index contributed by atoms with van der Waals surface area (Å²) in [6.45, 7) is 5.25. The number of anilines is 2. The first-order valence-corrected chi connectivity index (χ1v) is 9.05. The maximum Gasteiger partial charge on any atom is 0.272 e. The fraction of sp³-hybridized carbons (Fsp3) is 0.182. The summed E-state index contributed by atoms with van der Waals surface area (Å²) < 4.78 is 5.96. The summed E-state index contributed by atoms with van der Waals surface area (Å²) in [5.41, 5.74) is 2.05. The van der Waals surface area contributed by atoms with Gasteiger partial charge in [0, 0.05) is 13.1 Å². The number of rotatable bonds is 7. The van der Waals surface area contributed by atoms with Crippen molar-refractivity contribution < 1.29 is 9.53 Å². The smallest absolute Gasteiger partial charge is 0.272 e. The van der Waals surface area contributed by atoms with Crippen LogP contribution in [0, 0.1) is 0 Å². The van der Waals surface area contributed by atoms with Crippen molar-refractivity contribution in [1.82, 2.24) is 9.88 Å². The van der Waals surface area contributed by atoms with E-state index in [2.05, 4.69) is 10.3 Å². The molecular weight excluding hydrogens is 338 g/mol. The van der Waals surface area contributed by atoms with Crippen LogP contribution in [0.1, 0.15) is 24.3 Å². The standard InChI is InChI=1S/C22H23N3O2/c1-3-25(4-2)22(26)20-15-14-17(16-23-20)24-19-12-8-9-13-21(19)27-18-10-6-5-7-11-18/h5-16,24H,3-4H2,1-2H3. The minimum atomic E-state index is -0.0561. The highest BCUT2D eigenvalue weighted by Gasteiger charge is 2.13. The number of nitrogens with zero attached hydrogens (tertiary/aromatic N) is 2. The number of amides is 1. The van der Waals surface area contributed by atoms with Crippen LogP contribution in [0.2, 0.25) is 0 Å². The lowest BCUT2D eigenvalue weighted by molar-refractivity contribution is 0.0767. The lowest BCUT2D eigenvalue weighted by Gasteiger charge is -2.18. The van der Waals surface area contributed by atoms with Gasteiger partial charge in [0.05, 0.1) is 17.6 Å². The van der Waals surface area contributed by atoms with Crippen molar-refractivity contribution in [1.29, 1.82) is 0 Å². The van der Waals surface area contributed by atoms with Gasteiger partial charge in [-0.05, 0) is 50.2 Å². The third-order valence-electron chi connectivity index (χ3n) is 4.17. The molecule has 0 fully saturated rings. The van der Waals surface area contributed by atoms with E-state index in [4.69, 9.17) is 4.74 Å². The van der Waals surface area contributed by atoms with Crippen molar-refractivity contribution in [2.45, 2.75) is 13.8 Å². The summed E-state index contributed by atoms with van der Waals surface area (Å²) in [7, 11) is 0. The zero-order valence-electron chi connectivity index (χ0n) is 15.6. The molecule has 5 heteroatoms. The Kier molecular flexibility index (Phi) is 6.05. The molecule has 0 saturated heterocycles. The molecule has 3 rings (SSSR count). The largest absolute Gasteiger partial charge is 0.455 e. The first kappa shape index (κ1) is 18.5. The number of ether oxygens (including phenoxy) is 1. The fourth-order valence-electron chi connectivity index (χ4n) is 2.70. The van der Waals surface area contributed by atoms with Crippen molar-refractivity contribution in [3.63, 3.8) is 0 Å². The molecule has 2 aromatic carbocycles. The molecule has 1 aromatic heterocycles. The van der Waals surface area contributed by atoms with Crippen LogP contribution in [0.4, 0.5) is 11.4 Å². The van der Waals surface area contributed by atoms with Crippen LogP contribution < -0.4 is 10.1 Å². The second-order valence-corrected chi connectivity index (χ2v) is 5.95. The molecule has 0 atom stereocenters. The number of hydrogen-bond donors (Lipinski definition) is 1. The zero-order chi connectivity index (χ0) is 19.1. The number of carbonyl (C=O) groups excluding carboxylic acids is 1. The Labute approximate surface area is 159 Å². The number of pyridine rings is 1. The molecule has 27 heavy (non-hydrogen) atoms. The second kappa shape index (κ2) is 8.85. The highest BCUT2D eigenvalue weighted by molar-refractivity contribution is 5.92. The lowest BCUT2D eigenvalue weighted by Crippen LogP contribution is -2.31. The van der Waals surface area contributed by atoms with Crippen LogP contribution >= 0.6 is 0 Å². The van der Waals surface area contributed by atoms with Crippen molar-refractivity contribution in [2.24, 2.45) is 0 Å². The molecular formula is C22H23N3O2. The Morgan fingerprint density at radius 2 is 1.67 bits per heavy atom. The lowest BCUT2D eigenvalue weighted by atomic mass is 10.2. The first-order valence-electron chi connectivity index (χ1n) is 9.05. The van der Waals surface area contributed by atoms with E-state index in [9.17, 15) is 4.79 Å². The zero-order valence-corrected chi connectivity index (χ0v) is 15.6. The molecule has 0 radical (unpaired) electrons. The van der Waals surface area contributed by atoms with Gasteiger partial charge in [0.1, 0.15) is 11.4 Å². The van der Waals surface area contributed by atoms with Crippen LogP contribution in [0.25, 0.3) is 0 Å². The molecule has 3 aromatic rings. The van der Waals surface area contributed by atoms with E-state index in [-0.39, 0.29) is 5.91 Å². The van der Waals surface area contributed by atoms with Crippen LogP contribution in [0.15, 0.2) is 72.9 Å². The predicted octanol–water partition coefficient (Wildman–Crippen LogP) is 5.10. The minimum Gasteiger partial charge on any atom is -0.455 e. The average molecular weight is 361 g/mol. The van der Waals surface area contributed by atoms with E-state index in [0.29, 0.717) is 24.5 Å². The normalized spacial score (nSPS) is 10.3. The van der Waals surface area contributed by atoms with E-state index in [0.717, 1.165) is 17.1 Å². The summed E-state index contributed by atoms with van der Waals surface area (Å²) in [6, 6.07) is 20.9. The molecule has 0 aliphatic heterocycles. The van der Waals surface area contributed by atoms with Gasteiger partial charge in [-0.25, -0.2) is 4.98 Å². The molecule has 138 valence electrons. The quantitative estimate of drug-likeness (QED) is 0.636. The van der Waals surface area contributed by atoms with Gasteiger partial charge in [0.25, 0.3) is 5.91 Å². The maximum absolute atomic E-state index is 12.4. The summed E-state index contributed by atoms with van der Waals surface area (Å²) >= 11 is 0. The van der Waals surface area contributed by atoms with Crippen molar-refractivity contribution in [3.05, 3.63) is 78.6 Å². The third-order valence-corrected chi connectivity index (χ3v) is 4.17. The summed E-state index contributed by atoms with van der Waals surface area (Å²) in [5.74, 6) is 1.43. The van der Waals surface area contributed by atoms with Gasteiger partial charge in [0.2, 0.25) is 0 Å². The molecule has 1 heterocycles. The maximum atomic E-state index is 12.4. The van der Waals surface area contributed by atoms with Gasteiger partial charge in [-0.1, -0.05) is 30.3 Å². The Bertz CT molecular complexity index is 876. The molecule has 0 unspecified atom stereocenters. The van der Waals surface area contributed by atoms with Crippen molar-refractivity contribution in [2.75, 3.05) is 18.4 Å². The van der Waals surface area contributed by atoms with Gasteiger partial charge < -0.3 is 15.0 Å². The summed E-state index contributed by atoms with van der Waals surface area (Å²) in [6.07, 6.45) is 1.66. The average Bonchev–Trinajstić information content (AvgIpc) is 2.72. The number of carbonyl (C=O) groups is 1. The van der Waals surface area contributed by atoms with Gasteiger partial charge >= 0.3 is 0 Å². The molecule has 0 spiro atoms. The third kappa shape index (κ3) is 4.64. The predicted molar refractivity (Wildman–Crippen MR) is 108 cm³/mol. The number of nitrogens with one attached hydrogen (secondary N) is 1.